The van der Waals surface area contributed by atoms with Gasteiger partial charge in [-0.3, -0.25) is 0 Å². The van der Waals surface area contributed by atoms with Crippen LogP contribution in [0, 0.1) is 0 Å². The van der Waals surface area contributed by atoms with Gasteiger partial charge in [-0.2, -0.15) is 4.98 Å². The van der Waals surface area contributed by atoms with Gasteiger partial charge in [-0.05, 0) is 18.8 Å². The van der Waals surface area contributed by atoms with Crippen LogP contribution in [0.15, 0.2) is 6.07 Å². The van der Waals surface area contributed by atoms with E-state index in [0.29, 0.717) is 5.92 Å². The fourth-order valence-electron chi connectivity index (χ4n) is 3.35. The highest BCUT2D eigenvalue weighted by molar-refractivity contribution is 5.76. The lowest BCUT2D eigenvalue weighted by atomic mass is 10.0. The molecule has 1 aromatic rings. The molecule has 2 aliphatic rings. The van der Waals surface area contributed by atoms with Crippen LogP contribution in [0.25, 0.3) is 0 Å². The van der Waals surface area contributed by atoms with E-state index in [1.807, 2.05) is 23.9 Å². The first-order chi connectivity index (χ1) is 11.5. The van der Waals surface area contributed by atoms with Crippen molar-refractivity contribution in [1.82, 2.24) is 20.2 Å². The summed E-state index contributed by atoms with van der Waals surface area (Å²) in [6.45, 7) is 7.69. The number of carbonyl (C=O) groups is 1. The number of rotatable bonds is 4. The van der Waals surface area contributed by atoms with Crippen LogP contribution >= 0.6 is 0 Å². The van der Waals surface area contributed by atoms with Crippen molar-refractivity contribution in [2.75, 3.05) is 50.1 Å². The van der Waals surface area contributed by atoms with Gasteiger partial charge in [-0.1, -0.05) is 13.8 Å². The normalized spacial score (nSPS) is 21.4. The molecule has 132 valence electrons. The Kier molecular flexibility index (Phi) is 4.78. The number of hydrogen-bond donors (Lipinski definition) is 1. The molecule has 0 aromatic carbocycles. The lowest BCUT2D eigenvalue weighted by Crippen LogP contribution is -2.49. The molecule has 2 amide bonds. The average molecular weight is 332 g/mol. The SMILES string of the molecule is CC(C)c1cc(N2CCC[C@@H](N3CCNC3=O)C2)nc(N(C)C)n1. The largest absolute Gasteiger partial charge is 0.354 e. The molecule has 3 heterocycles. The van der Waals surface area contributed by atoms with E-state index in [-0.39, 0.29) is 12.1 Å². The average Bonchev–Trinajstić information content (AvgIpc) is 3.00. The highest BCUT2D eigenvalue weighted by Gasteiger charge is 2.32. The fourth-order valence-corrected chi connectivity index (χ4v) is 3.35. The van der Waals surface area contributed by atoms with E-state index in [2.05, 4.69) is 35.1 Å². The standard InChI is InChI=1S/C17H28N6O/c1-12(2)14-10-15(20-16(19-14)21(3)4)22-8-5-6-13(11-22)23-9-7-18-17(23)24/h10,12-13H,5-9,11H2,1-4H3,(H,18,24)/t13-/m1/s1. The summed E-state index contributed by atoms with van der Waals surface area (Å²) in [6, 6.07) is 2.44. The van der Waals surface area contributed by atoms with Crippen molar-refractivity contribution >= 4 is 17.8 Å². The smallest absolute Gasteiger partial charge is 0.317 e. The van der Waals surface area contributed by atoms with E-state index in [9.17, 15) is 4.79 Å². The lowest BCUT2D eigenvalue weighted by molar-refractivity contribution is 0.189. The van der Waals surface area contributed by atoms with Crippen molar-refractivity contribution in [2.45, 2.75) is 38.6 Å². The quantitative estimate of drug-likeness (QED) is 0.908. The van der Waals surface area contributed by atoms with E-state index >= 15 is 0 Å². The van der Waals surface area contributed by atoms with Gasteiger partial charge in [0.25, 0.3) is 0 Å². The number of nitrogens with one attached hydrogen (secondary N) is 1. The Balaban J connectivity index is 1.83. The fraction of sp³-hybridized carbons (Fsp3) is 0.706. The number of aromatic nitrogens is 2. The Morgan fingerprint density at radius 3 is 2.71 bits per heavy atom. The number of amides is 2. The van der Waals surface area contributed by atoms with E-state index < -0.39 is 0 Å². The predicted molar refractivity (Wildman–Crippen MR) is 95.8 cm³/mol. The highest BCUT2D eigenvalue weighted by Crippen LogP contribution is 2.26. The molecule has 7 nitrogen and oxygen atoms in total. The van der Waals surface area contributed by atoms with E-state index in [1.54, 1.807) is 0 Å². The van der Waals surface area contributed by atoms with E-state index in [1.165, 1.54) is 0 Å². The second kappa shape index (κ2) is 6.83. The lowest BCUT2D eigenvalue weighted by Gasteiger charge is -2.38. The predicted octanol–water partition coefficient (Wildman–Crippen LogP) is 1.66. The first-order valence-corrected chi connectivity index (χ1v) is 8.81. The summed E-state index contributed by atoms with van der Waals surface area (Å²) in [5.74, 6) is 2.08. The molecule has 2 saturated heterocycles. The molecule has 24 heavy (non-hydrogen) atoms. The summed E-state index contributed by atoms with van der Waals surface area (Å²) in [5, 5.41) is 2.91. The van der Waals surface area contributed by atoms with Crippen LogP contribution < -0.4 is 15.1 Å². The van der Waals surface area contributed by atoms with Crippen LogP contribution in [0.2, 0.25) is 0 Å². The van der Waals surface area contributed by atoms with Crippen LogP contribution in [0.1, 0.15) is 38.3 Å². The minimum Gasteiger partial charge on any atom is -0.354 e. The number of urea groups is 1. The van der Waals surface area contributed by atoms with Crippen LogP contribution in [0.4, 0.5) is 16.6 Å². The number of carbonyl (C=O) groups excluding carboxylic acids is 1. The van der Waals surface area contributed by atoms with Gasteiger partial charge in [0.1, 0.15) is 5.82 Å². The maximum Gasteiger partial charge on any atom is 0.317 e. The van der Waals surface area contributed by atoms with Crippen molar-refractivity contribution in [3.8, 4) is 0 Å². The van der Waals surface area contributed by atoms with Gasteiger partial charge in [-0.25, -0.2) is 9.78 Å². The van der Waals surface area contributed by atoms with Crippen molar-refractivity contribution in [3.05, 3.63) is 11.8 Å². The van der Waals surface area contributed by atoms with Crippen molar-refractivity contribution < 1.29 is 4.79 Å². The molecule has 1 N–H and O–H groups in total. The maximum atomic E-state index is 12.0. The molecule has 0 spiro atoms. The molecule has 7 heteroatoms. The van der Waals surface area contributed by atoms with Crippen molar-refractivity contribution in [3.63, 3.8) is 0 Å². The third-order valence-electron chi connectivity index (χ3n) is 4.76. The molecule has 0 aliphatic carbocycles. The number of piperidine rings is 1. The van der Waals surface area contributed by atoms with Gasteiger partial charge in [0.15, 0.2) is 0 Å². The second-order valence-electron chi connectivity index (χ2n) is 7.17. The number of anilines is 2. The molecule has 1 atom stereocenters. The minimum absolute atomic E-state index is 0.0707. The van der Waals surface area contributed by atoms with Gasteiger partial charge in [0, 0.05) is 46.3 Å². The summed E-state index contributed by atoms with van der Waals surface area (Å²) in [4.78, 5) is 27.6. The molecular weight excluding hydrogens is 304 g/mol. The van der Waals surface area contributed by atoms with Crippen LogP contribution in [-0.2, 0) is 0 Å². The van der Waals surface area contributed by atoms with Crippen LogP contribution in [0.3, 0.4) is 0 Å². The van der Waals surface area contributed by atoms with Crippen molar-refractivity contribution in [2.24, 2.45) is 0 Å². The van der Waals surface area contributed by atoms with Gasteiger partial charge in [0.05, 0.1) is 11.7 Å². The Morgan fingerprint density at radius 1 is 1.29 bits per heavy atom. The molecule has 0 bridgehead atoms. The zero-order chi connectivity index (χ0) is 17.3. The molecular formula is C17H28N6O. The third kappa shape index (κ3) is 3.39. The molecule has 3 rings (SSSR count). The summed E-state index contributed by atoms with van der Waals surface area (Å²) >= 11 is 0. The second-order valence-corrected chi connectivity index (χ2v) is 7.17. The maximum absolute atomic E-state index is 12.0. The summed E-state index contributed by atoms with van der Waals surface area (Å²) in [5.41, 5.74) is 1.06. The molecule has 2 fully saturated rings. The summed E-state index contributed by atoms with van der Waals surface area (Å²) < 4.78 is 0. The molecule has 2 aliphatic heterocycles. The highest BCUT2D eigenvalue weighted by atomic mass is 16.2. The third-order valence-corrected chi connectivity index (χ3v) is 4.76. The first-order valence-electron chi connectivity index (χ1n) is 8.81. The Hall–Kier alpha value is -2.05. The summed E-state index contributed by atoms with van der Waals surface area (Å²) in [7, 11) is 3.94. The molecule has 0 radical (unpaired) electrons. The van der Waals surface area contributed by atoms with Crippen LogP contribution in [-0.4, -0.2) is 67.2 Å². The molecule has 0 unspecified atom stereocenters. The Labute approximate surface area is 144 Å². The van der Waals surface area contributed by atoms with Gasteiger partial charge < -0.3 is 20.0 Å². The number of hydrogen-bond acceptors (Lipinski definition) is 5. The number of nitrogens with zero attached hydrogens (tertiary/aromatic N) is 5. The first kappa shape index (κ1) is 16.8. The van der Waals surface area contributed by atoms with Gasteiger partial charge in [-0.15, -0.1) is 0 Å². The monoisotopic (exact) mass is 332 g/mol. The zero-order valence-corrected chi connectivity index (χ0v) is 15.1. The molecule has 1 aromatic heterocycles. The van der Waals surface area contributed by atoms with Gasteiger partial charge >= 0.3 is 6.03 Å². The Bertz CT molecular complexity index is 576. The van der Waals surface area contributed by atoms with E-state index in [0.717, 1.165) is 56.5 Å². The zero-order valence-electron chi connectivity index (χ0n) is 15.1. The minimum atomic E-state index is 0.0707. The Morgan fingerprint density at radius 2 is 2.08 bits per heavy atom. The van der Waals surface area contributed by atoms with E-state index in [4.69, 9.17) is 4.98 Å². The molecule has 0 saturated carbocycles. The van der Waals surface area contributed by atoms with Crippen molar-refractivity contribution in [1.29, 1.82) is 0 Å². The van der Waals surface area contributed by atoms with Gasteiger partial charge in [0.2, 0.25) is 5.95 Å². The summed E-state index contributed by atoms with van der Waals surface area (Å²) in [6.07, 6.45) is 2.14. The van der Waals surface area contributed by atoms with Crippen LogP contribution in [0.5, 0.6) is 0 Å². The topological polar surface area (TPSA) is 64.6 Å².